The van der Waals surface area contributed by atoms with E-state index in [1.54, 1.807) is 0 Å². The Kier molecular flexibility index (Phi) is 5.56. The summed E-state index contributed by atoms with van der Waals surface area (Å²) in [6.45, 7) is 0.765. The van der Waals surface area contributed by atoms with Crippen LogP contribution in [-0.2, 0) is 10.0 Å². The highest BCUT2D eigenvalue weighted by molar-refractivity contribution is 9.10. The van der Waals surface area contributed by atoms with Gasteiger partial charge in [-0.25, -0.2) is 17.2 Å². The number of nitrogens with one attached hydrogen (secondary N) is 2. The monoisotopic (exact) mass is 382 g/mol. The van der Waals surface area contributed by atoms with E-state index >= 15 is 0 Å². The third kappa shape index (κ3) is 5.52. The number of hydrogen-bond donors (Lipinski definition) is 2. The Morgan fingerprint density at radius 2 is 1.81 bits per heavy atom. The van der Waals surface area contributed by atoms with Crippen molar-refractivity contribution in [3.63, 3.8) is 0 Å². The van der Waals surface area contributed by atoms with Crippen LogP contribution in [0.4, 0.5) is 14.5 Å². The predicted octanol–water partition coefficient (Wildman–Crippen LogP) is 3.00. The number of rotatable bonds is 8. The molecule has 1 aromatic carbocycles. The van der Waals surface area contributed by atoms with Crippen molar-refractivity contribution in [2.45, 2.75) is 31.7 Å². The Morgan fingerprint density at radius 1 is 1.19 bits per heavy atom. The summed E-state index contributed by atoms with van der Waals surface area (Å²) in [6.07, 6.45) is 3.52. The normalized spacial score (nSPS) is 15.2. The van der Waals surface area contributed by atoms with Crippen LogP contribution in [0.2, 0.25) is 0 Å². The maximum Gasteiger partial charge on any atom is 0.232 e. The molecule has 8 heteroatoms. The van der Waals surface area contributed by atoms with Gasteiger partial charge in [0.2, 0.25) is 10.0 Å². The summed E-state index contributed by atoms with van der Waals surface area (Å²) in [7, 11) is -3.75. The molecular weight excluding hydrogens is 366 g/mol. The molecule has 2 N–H and O–H groups in total. The summed E-state index contributed by atoms with van der Waals surface area (Å²) >= 11 is 2.94. The summed E-state index contributed by atoms with van der Waals surface area (Å²) in [5, 5.41) is 3.28. The van der Waals surface area contributed by atoms with Gasteiger partial charge in [-0.3, -0.25) is 4.72 Å². The fourth-order valence-electron chi connectivity index (χ4n) is 1.86. The maximum atomic E-state index is 13.6. The minimum absolute atomic E-state index is 0.158. The van der Waals surface area contributed by atoms with E-state index in [9.17, 15) is 17.2 Å². The molecule has 0 unspecified atom stereocenters. The van der Waals surface area contributed by atoms with Crippen LogP contribution in [0.25, 0.3) is 0 Å². The van der Waals surface area contributed by atoms with Crippen molar-refractivity contribution in [2.75, 3.05) is 17.0 Å². The van der Waals surface area contributed by atoms with Crippen LogP contribution < -0.4 is 10.0 Å². The van der Waals surface area contributed by atoms with E-state index in [0.29, 0.717) is 18.9 Å². The van der Waals surface area contributed by atoms with Gasteiger partial charge in [0.15, 0.2) is 11.6 Å². The van der Waals surface area contributed by atoms with Crippen LogP contribution in [0.1, 0.15) is 25.7 Å². The Hall–Kier alpha value is -0.730. The van der Waals surface area contributed by atoms with Gasteiger partial charge in [-0.15, -0.1) is 0 Å². The van der Waals surface area contributed by atoms with E-state index in [1.165, 1.54) is 12.8 Å². The van der Waals surface area contributed by atoms with Gasteiger partial charge < -0.3 is 5.32 Å². The molecule has 1 saturated carbocycles. The first-order valence-electron chi connectivity index (χ1n) is 6.76. The van der Waals surface area contributed by atoms with Crippen molar-refractivity contribution in [2.24, 2.45) is 0 Å². The highest BCUT2D eigenvalue weighted by Crippen LogP contribution is 2.24. The van der Waals surface area contributed by atoms with Crippen LogP contribution in [0.5, 0.6) is 0 Å². The molecule has 1 aliphatic rings. The third-order valence-corrected chi connectivity index (χ3v) is 4.91. The van der Waals surface area contributed by atoms with E-state index in [4.69, 9.17) is 0 Å². The van der Waals surface area contributed by atoms with Crippen molar-refractivity contribution < 1.29 is 17.2 Å². The molecule has 0 aliphatic heterocycles. The molecular formula is C13H17BrF2N2O2S. The maximum absolute atomic E-state index is 13.6. The molecule has 4 nitrogen and oxygen atoms in total. The Morgan fingerprint density at radius 3 is 2.38 bits per heavy atom. The quantitative estimate of drug-likeness (QED) is 0.679. The third-order valence-electron chi connectivity index (χ3n) is 3.11. The molecule has 0 atom stereocenters. The van der Waals surface area contributed by atoms with Crippen molar-refractivity contribution in [1.82, 2.24) is 5.32 Å². The number of hydrogen-bond acceptors (Lipinski definition) is 3. The van der Waals surface area contributed by atoms with E-state index in [1.807, 2.05) is 4.72 Å². The van der Waals surface area contributed by atoms with Gasteiger partial charge in [0.1, 0.15) is 5.69 Å². The molecule has 0 amide bonds. The molecule has 0 aromatic heterocycles. The van der Waals surface area contributed by atoms with E-state index < -0.39 is 27.3 Å². The fraction of sp³-hybridized carbons (Fsp3) is 0.538. The predicted molar refractivity (Wildman–Crippen MR) is 81.7 cm³/mol. The first-order valence-corrected chi connectivity index (χ1v) is 9.20. The number of sulfonamides is 1. The van der Waals surface area contributed by atoms with Gasteiger partial charge in [-0.1, -0.05) is 15.9 Å². The van der Waals surface area contributed by atoms with Crippen molar-refractivity contribution >= 4 is 31.6 Å². The average molecular weight is 383 g/mol. The van der Waals surface area contributed by atoms with Gasteiger partial charge in [-0.2, -0.15) is 0 Å². The van der Waals surface area contributed by atoms with E-state index in [0.717, 1.165) is 18.7 Å². The minimum Gasteiger partial charge on any atom is -0.314 e. The second kappa shape index (κ2) is 7.02. The Labute approximate surface area is 131 Å². The van der Waals surface area contributed by atoms with Gasteiger partial charge in [-0.05, 0) is 44.4 Å². The number of halogens is 3. The second-order valence-electron chi connectivity index (χ2n) is 5.10. The number of anilines is 1. The highest BCUT2D eigenvalue weighted by atomic mass is 79.9. The fourth-order valence-corrected chi connectivity index (χ4v) is 3.45. The van der Waals surface area contributed by atoms with Crippen molar-refractivity contribution in [1.29, 1.82) is 0 Å². The van der Waals surface area contributed by atoms with Crippen LogP contribution in [-0.4, -0.2) is 26.8 Å². The smallest absolute Gasteiger partial charge is 0.232 e. The lowest BCUT2D eigenvalue weighted by atomic mass is 10.3. The molecule has 1 aromatic rings. The lowest BCUT2D eigenvalue weighted by molar-refractivity contribution is 0.578. The molecule has 0 saturated heterocycles. The Bertz CT molecular complexity index is 583. The topological polar surface area (TPSA) is 58.2 Å². The van der Waals surface area contributed by atoms with Crippen LogP contribution >= 0.6 is 15.9 Å². The molecule has 0 heterocycles. The van der Waals surface area contributed by atoms with Gasteiger partial charge in [0.05, 0.1) is 5.75 Å². The zero-order valence-electron chi connectivity index (χ0n) is 11.3. The molecule has 0 spiro atoms. The first kappa shape index (κ1) is 16.6. The lowest BCUT2D eigenvalue weighted by Gasteiger charge is -2.10. The number of benzene rings is 1. The largest absolute Gasteiger partial charge is 0.314 e. The van der Waals surface area contributed by atoms with Gasteiger partial charge in [0.25, 0.3) is 0 Å². The molecule has 0 radical (unpaired) electrons. The molecule has 118 valence electrons. The summed E-state index contributed by atoms with van der Waals surface area (Å²) in [4.78, 5) is 0. The lowest BCUT2D eigenvalue weighted by Crippen LogP contribution is -2.21. The summed E-state index contributed by atoms with van der Waals surface area (Å²) in [5.41, 5.74) is -0.630. The van der Waals surface area contributed by atoms with Gasteiger partial charge >= 0.3 is 0 Å². The van der Waals surface area contributed by atoms with Crippen LogP contribution in [0, 0.1) is 11.6 Å². The Balaban J connectivity index is 1.85. The summed E-state index contributed by atoms with van der Waals surface area (Å²) < 4.78 is 53.0. The molecule has 1 aliphatic carbocycles. The minimum atomic E-state index is -3.75. The summed E-state index contributed by atoms with van der Waals surface area (Å²) in [6, 6.07) is 2.62. The van der Waals surface area contributed by atoms with Crippen LogP contribution in [0.3, 0.4) is 0 Å². The van der Waals surface area contributed by atoms with Crippen LogP contribution in [0.15, 0.2) is 16.6 Å². The van der Waals surface area contributed by atoms with E-state index in [-0.39, 0.29) is 10.2 Å². The molecule has 1 fully saturated rings. The molecule has 21 heavy (non-hydrogen) atoms. The van der Waals surface area contributed by atoms with Crippen molar-refractivity contribution in [3.05, 3.63) is 28.2 Å². The van der Waals surface area contributed by atoms with Crippen molar-refractivity contribution in [3.8, 4) is 0 Å². The standard InChI is InChI=1S/C13H17BrF2N2O2S/c14-9-7-11(15)13(12(16)8-9)18-21(19,20)6-2-1-5-17-10-3-4-10/h7-8,10,17-18H,1-6H2. The second-order valence-corrected chi connectivity index (χ2v) is 7.86. The van der Waals surface area contributed by atoms with Gasteiger partial charge in [0, 0.05) is 10.5 Å². The SMILES string of the molecule is O=S(=O)(CCCCNC1CC1)Nc1c(F)cc(Br)cc1F. The summed E-state index contributed by atoms with van der Waals surface area (Å²) in [5.74, 6) is -2.05. The highest BCUT2D eigenvalue weighted by Gasteiger charge is 2.20. The van der Waals surface area contributed by atoms with E-state index in [2.05, 4.69) is 21.2 Å². The first-order chi connectivity index (χ1) is 9.87. The number of unbranched alkanes of at least 4 members (excludes halogenated alkanes) is 1. The zero-order chi connectivity index (χ0) is 15.5. The molecule has 0 bridgehead atoms. The average Bonchev–Trinajstić information content (AvgIpc) is 3.17. The molecule has 2 rings (SSSR count). The zero-order valence-corrected chi connectivity index (χ0v) is 13.7.